The molecule has 11 aromatic rings. The number of carbonyl (C=O) groups excluding carboxylic acids is 4. The summed E-state index contributed by atoms with van der Waals surface area (Å²) >= 11 is 0. The van der Waals surface area contributed by atoms with Crippen LogP contribution in [0, 0.1) is 58.0 Å². The monoisotopic (exact) mass is 1160 g/mol. The van der Waals surface area contributed by atoms with E-state index in [9.17, 15) is 29.3 Å². The van der Waals surface area contributed by atoms with E-state index in [0.717, 1.165) is 92.3 Å². The summed E-state index contributed by atoms with van der Waals surface area (Å²) in [4.78, 5) is 96.0. The van der Waals surface area contributed by atoms with Crippen molar-refractivity contribution in [2.24, 2.45) is 0 Å². The van der Waals surface area contributed by atoms with Crippen LogP contribution < -0.4 is 11.5 Å². The molecule has 434 valence electrons. The first-order valence-electron chi connectivity index (χ1n) is 26.7. The van der Waals surface area contributed by atoms with Gasteiger partial charge in [-0.05, 0) is 58.0 Å². The molecule has 2 aromatic heterocycles. The number of aromatic nitrogens is 4. The topological polar surface area (TPSA) is 301 Å². The fourth-order valence-electron chi connectivity index (χ4n) is 8.45. The molecule has 87 heavy (non-hydrogen) atoms. The van der Waals surface area contributed by atoms with Gasteiger partial charge in [0.15, 0.2) is 14.1 Å². The molecule has 0 spiro atoms. The van der Waals surface area contributed by atoms with Crippen LogP contribution in [0.4, 0.5) is 17.1 Å². The van der Waals surface area contributed by atoms with Crippen molar-refractivity contribution < 1.29 is 33.9 Å². The van der Waals surface area contributed by atoms with E-state index >= 15 is 0 Å². The molecule has 4 N–H and O–H groups in total. The molecular weight excluding hydrogens is 1100 g/mol. The van der Waals surface area contributed by atoms with Crippen LogP contribution in [-0.2, 0) is 0 Å². The van der Waals surface area contributed by atoms with Crippen molar-refractivity contribution in [3.63, 3.8) is 0 Å². The first-order chi connectivity index (χ1) is 41.6. The number of carbonyl (C=O) groups is 4. The fourth-order valence-corrected chi connectivity index (χ4v) is 8.45. The lowest BCUT2D eigenvalue weighted by molar-refractivity contribution is -0.445. The Bertz CT molecular complexity index is 4080. The lowest BCUT2D eigenvalue weighted by Crippen LogP contribution is -2.16. The number of aryl methyl sites for hydroxylation is 4. The fraction of sp³-hybridized carbons (Fsp3) is 0.0882. The summed E-state index contributed by atoms with van der Waals surface area (Å²) in [6.07, 6.45) is 0. The molecule has 0 radical (unpaired) electrons. The Morgan fingerprint density at radius 1 is 0.333 bits per heavy atom. The molecule has 0 atom stereocenters. The van der Waals surface area contributed by atoms with Crippen LogP contribution in [-0.4, -0.2) is 71.9 Å². The van der Waals surface area contributed by atoms with Crippen LogP contribution in [0.2, 0.25) is 0 Å². The molecule has 0 bridgehead atoms. The predicted molar refractivity (Wildman–Crippen MR) is 338 cm³/mol. The molecular formula is C68H57N9O10. The number of rotatable bonds is 11. The maximum Gasteiger partial charge on any atom is 0.294 e. The number of Topliss-reactive ketones (excluding diaryl/α,β-unsaturated/α-hetero) is 4. The summed E-state index contributed by atoms with van der Waals surface area (Å²) in [5, 5.41) is 27.9. The highest BCUT2D eigenvalue weighted by Gasteiger charge is 2.22. The summed E-state index contributed by atoms with van der Waals surface area (Å²) in [7, 11) is 1.78. The van der Waals surface area contributed by atoms with Crippen molar-refractivity contribution in [3.8, 4) is 45.0 Å². The van der Waals surface area contributed by atoms with Crippen molar-refractivity contribution in [1.29, 1.82) is 0 Å². The molecule has 0 saturated heterocycles. The zero-order valence-electron chi connectivity index (χ0n) is 48.1. The van der Waals surface area contributed by atoms with Crippen LogP contribution >= 0.6 is 0 Å². The number of anilines is 2. The van der Waals surface area contributed by atoms with Gasteiger partial charge >= 0.3 is 0 Å². The molecule has 0 aliphatic carbocycles. The van der Waals surface area contributed by atoms with Crippen molar-refractivity contribution >= 4 is 62.3 Å². The molecule has 0 amide bonds. The summed E-state index contributed by atoms with van der Waals surface area (Å²) in [5.41, 5.74) is 27.2. The molecule has 0 saturated carbocycles. The Morgan fingerprint density at radius 2 is 0.552 bits per heavy atom. The van der Waals surface area contributed by atoms with E-state index in [2.05, 4.69) is 86.6 Å². The normalized spacial score (nSPS) is 10.3. The van der Waals surface area contributed by atoms with Crippen molar-refractivity contribution in [2.75, 3.05) is 25.6 Å². The number of nitrogens with two attached hydrogens (primary N) is 2. The Labute approximate surface area is 499 Å². The van der Waals surface area contributed by atoms with Crippen LogP contribution in [0.15, 0.2) is 212 Å². The standard InChI is InChI=1S/C36H26N4.C24H18O4.C6H7N3O2.2CH3NO2/c1-23-11-15-25(16-12-23)33-35(39-31-9-5-3-7-29(31)37-33)27-19-21-28(22-20-27)36-34(26-17-13-24(2)14-18-26)38-30-8-4-6-10-32(30)40-36;1-15-3-7-17(8-4-15)21(25)23(27)19-11-13-20(14-12-19)24(28)22(26)18-9-5-16(2)6-10-18;7-4-2-1-3-5(6(4)8)9(10)11;2*1-2(3)4/h3-22H,1-2H3;3-14H,1-2H3;1-3H,7-8H2;2*1H3. The number of ketones is 4. The van der Waals surface area contributed by atoms with Crippen LogP contribution in [0.5, 0.6) is 0 Å². The highest BCUT2D eigenvalue weighted by molar-refractivity contribution is 6.50. The van der Waals surface area contributed by atoms with E-state index in [-0.39, 0.29) is 28.2 Å². The molecule has 0 unspecified atom stereocenters. The second-order valence-electron chi connectivity index (χ2n) is 19.7. The number of fused-ring (bicyclic) bond motifs is 2. The third-order valence-electron chi connectivity index (χ3n) is 13.0. The smallest absolute Gasteiger partial charge is 0.294 e. The summed E-state index contributed by atoms with van der Waals surface area (Å²) in [6, 6.07) is 64.8. The van der Waals surface area contributed by atoms with E-state index in [1.165, 1.54) is 53.6 Å². The number of hydrogen-bond acceptors (Lipinski definition) is 16. The molecule has 19 nitrogen and oxygen atoms in total. The maximum absolute atomic E-state index is 12.4. The zero-order valence-corrected chi connectivity index (χ0v) is 48.1. The van der Waals surface area contributed by atoms with Gasteiger partial charge in [0, 0.05) is 60.4 Å². The maximum atomic E-state index is 12.4. The van der Waals surface area contributed by atoms with Gasteiger partial charge in [-0.25, -0.2) is 19.9 Å². The van der Waals surface area contributed by atoms with Gasteiger partial charge in [0.05, 0.1) is 55.5 Å². The third-order valence-corrected chi connectivity index (χ3v) is 13.0. The Balaban J connectivity index is 0.000000198. The minimum atomic E-state index is -0.660. The SMILES string of the molecule is C[N+](=O)[O-].C[N+](=O)[O-].Cc1ccc(-c2nc3ccccc3nc2-c2ccc(-c3nc4ccccc4nc3-c3ccc(C)cc3)cc2)cc1.Cc1ccc(C(=O)C(=O)c2ccc(C(=O)C(=O)c3ccc(C)cc3)cc2)cc1.Nc1cccc([N+](=O)[O-])c1N. The number of para-hydroxylation sites is 5. The summed E-state index contributed by atoms with van der Waals surface area (Å²) < 4.78 is 0. The molecule has 0 aliphatic heterocycles. The van der Waals surface area contributed by atoms with E-state index in [1.807, 2.05) is 62.4 Å². The van der Waals surface area contributed by atoms with Gasteiger partial charge in [-0.15, -0.1) is 0 Å². The molecule has 11 rings (SSSR count). The van der Waals surface area contributed by atoms with Gasteiger partial charge < -0.3 is 11.5 Å². The van der Waals surface area contributed by atoms with E-state index in [4.69, 9.17) is 51.6 Å². The molecule has 0 aliphatic rings. The number of nitrogen functional groups attached to an aromatic ring is 2. The van der Waals surface area contributed by atoms with Gasteiger partial charge in [-0.1, -0.05) is 198 Å². The minimum Gasteiger partial charge on any atom is -0.397 e. The highest BCUT2D eigenvalue weighted by Crippen LogP contribution is 2.36. The van der Waals surface area contributed by atoms with Gasteiger partial charge in [0.25, 0.3) is 5.69 Å². The average molecular weight is 1160 g/mol. The second kappa shape index (κ2) is 28.9. The van der Waals surface area contributed by atoms with Crippen molar-refractivity contribution in [3.05, 3.63) is 287 Å². The second-order valence-corrected chi connectivity index (χ2v) is 19.7. The van der Waals surface area contributed by atoms with Crippen LogP contribution in [0.1, 0.15) is 63.7 Å². The van der Waals surface area contributed by atoms with Crippen molar-refractivity contribution in [1.82, 2.24) is 19.9 Å². The lowest BCUT2D eigenvalue weighted by Gasteiger charge is -2.13. The first-order valence-corrected chi connectivity index (χ1v) is 26.7. The Hall–Kier alpha value is -11.9. The predicted octanol–water partition coefficient (Wildman–Crippen LogP) is 13.8. The van der Waals surface area contributed by atoms with Crippen LogP contribution in [0.25, 0.3) is 67.1 Å². The largest absolute Gasteiger partial charge is 0.397 e. The summed E-state index contributed by atoms with van der Waals surface area (Å²) in [6.45, 7) is 7.97. The number of nitro groups is 3. The number of benzene rings is 9. The molecule has 2 heterocycles. The quantitative estimate of drug-likeness (QED) is 0.0400. The van der Waals surface area contributed by atoms with Gasteiger partial charge in [-0.2, -0.15) is 0 Å². The van der Waals surface area contributed by atoms with Crippen LogP contribution in [0.3, 0.4) is 0 Å². The third kappa shape index (κ3) is 16.7. The molecule has 0 fully saturated rings. The number of nitrogens with zero attached hydrogens (tertiary/aromatic N) is 7. The Kier molecular flexibility index (Phi) is 20.8. The zero-order chi connectivity index (χ0) is 62.9. The Morgan fingerprint density at radius 3 is 0.782 bits per heavy atom. The average Bonchev–Trinajstić information content (AvgIpc) is 3.04. The summed E-state index contributed by atoms with van der Waals surface area (Å²) in [5.74, 6) is -2.55. The molecule has 19 heteroatoms. The van der Waals surface area contributed by atoms with E-state index in [1.54, 1.807) is 48.5 Å². The van der Waals surface area contributed by atoms with Gasteiger partial charge in [0.1, 0.15) is 5.69 Å². The number of nitro benzene ring substituents is 1. The van der Waals surface area contributed by atoms with Crippen molar-refractivity contribution in [2.45, 2.75) is 27.7 Å². The highest BCUT2D eigenvalue weighted by atomic mass is 16.6. The minimum absolute atomic E-state index is 0.0255. The lowest BCUT2D eigenvalue weighted by atomic mass is 9.97. The van der Waals surface area contributed by atoms with E-state index < -0.39 is 37.9 Å². The van der Waals surface area contributed by atoms with Gasteiger partial charge in [-0.3, -0.25) is 49.5 Å². The van der Waals surface area contributed by atoms with E-state index in [0.29, 0.717) is 11.1 Å². The van der Waals surface area contributed by atoms with Gasteiger partial charge in [0.2, 0.25) is 23.1 Å². The first kappa shape index (κ1) is 62.7. The molecule has 9 aromatic carbocycles. The number of hydrogen-bond donors (Lipinski definition) is 2.